The minimum absolute atomic E-state index is 0.0548. The third-order valence-corrected chi connectivity index (χ3v) is 5.78. The number of carbonyl (C=O) groups is 1. The highest BCUT2D eigenvalue weighted by Crippen LogP contribution is 2.41. The zero-order valence-corrected chi connectivity index (χ0v) is 19.1. The number of halogens is 4. The first kappa shape index (κ1) is 23.6. The molecular formula is C26H19ClF3NO3. The van der Waals surface area contributed by atoms with Crippen molar-refractivity contribution in [2.45, 2.75) is 19.8 Å². The summed E-state index contributed by atoms with van der Waals surface area (Å²) >= 11 is 6.37. The van der Waals surface area contributed by atoms with E-state index in [9.17, 15) is 18.0 Å². The lowest BCUT2D eigenvalue weighted by molar-refractivity contribution is -0.117. The number of Topliss-reactive ketones (excluding diaryl/α,β-unsaturated/α-hetero) is 1. The summed E-state index contributed by atoms with van der Waals surface area (Å²) < 4.78 is 52.9. The molecule has 1 heterocycles. The molecule has 0 unspecified atom stereocenters. The predicted molar refractivity (Wildman–Crippen MR) is 123 cm³/mol. The molecule has 34 heavy (non-hydrogen) atoms. The minimum Gasteiger partial charge on any atom is -0.494 e. The molecule has 0 radical (unpaired) electrons. The molecule has 0 aliphatic rings. The van der Waals surface area contributed by atoms with Crippen molar-refractivity contribution >= 4 is 28.3 Å². The van der Waals surface area contributed by atoms with E-state index in [4.69, 9.17) is 21.1 Å². The molecule has 174 valence electrons. The van der Waals surface area contributed by atoms with Crippen LogP contribution in [0.25, 0.3) is 10.9 Å². The van der Waals surface area contributed by atoms with Crippen molar-refractivity contribution in [3.63, 3.8) is 0 Å². The normalized spacial score (nSPS) is 11.0. The Balaban J connectivity index is 1.55. The summed E-state index contributed by atoms with van der Waals surface area (Å²) in [7, 11) is 1.49. The number of carbonyl (C=O) groups excluding carboxylic acids is 1. The molecule has 0 N–H and O–H groups in total. The van der Waals surface area contributed by atoms with E-state index in [2.05, 4.69) is 4.98 Å². The van der Waals surface area contributed by atoms with Crippen molar-refractivity contribution in [1.82, 2.24) is 4.98 Å². The fraction of sp³-hybridized carbons (Fsp3) is 0.154. The van der Waals surface area contributed by atoms with Crippen molar-refractivity contribution in [2.75, 3.05) is 7.11 Å². The SMILES string of the molecule is COc1c(Cl)c(C)cc2nccc(Oc3ccc(CC(=O)Cc4ccc(F)cc4F)c(F)c3)c12. The van der Waals surface area contributed by atoms with Crippen LogP contribution in [0.4, 0.5) is 13.2 Å². The molecule has 0 aliphatic heterocycles. The lowest BCUT2D eigenvalue weighted by atomic mass is 10.0. The molecule has 0 atom stereocenters. The van der Waals surface area contributed by atoms with Gasteiger partial charge < -0.3 is 9.47 Å². The average molecular weight is 486 g/mol. The van der Waals surface area contributed by atoms with E-state index in [1.54, 1.807) is 18.3 Å². The molecule has 0 bridgehead atoms. The number of nitrogens with zero attached hydrogens (tertiary/aromatic N) is 1. The molecular weight excluding hydrogens is 467 g/mol. The third-order valence-electron chi connectivity index (χ3n) is 5.31. The van der Waals surface area contributed by atoms with Gasteiger partial charge in [0.05, 0.1) is 23.0 Å². The quantitative estimate of drug-likeness (QED) is 0.290. The molecule has 0 fully saturated rings. The molecule has 0 spiro atoms. The third kappa shape index (κ3) is 4.84. The Labute approximate surface area is 198 Å². The number of fused-ring (bicyclic) bond motifs is 1. The van der Waals surface area contributed by atoms with Gasteiger partial charge in [0.25, 0.3) is 0 Å². The molecule has 4 nitrogen and oxygen atoms in total. The van der Waals surface area contributed by atoms with E-state index in [0.717, 1.165) is 17.7 Å². The van der Waals surface area contributed by atoms with E-state index in [1.807, 2.05) is 6.92 Å². The second-order valence-electron chi connectivity index (χ2n) is 7.73. The van der Waals surface area contributed by atoms with Gasteiger partial charge in [0.1, 0.15) is 34.7 Å². The van der Waals surface area contributed by atoms with Crippen molar-refractivity contribution in [2.24, 2.45) is 0 Å². The molecule has 0 amide bonds. The van der Waals surface area contributed by atoms with Gasteiger partial charge in [-0.1, -0.05) is 23.7 Å². The summed E-state index contributed by atoms with van der Waals surface area (Å²) in [5.41, 5.74) is 1.58. The van der Waals surface area contributed by atoms with Crippen LogP contribution in [-0.4, -0.2) is 17.9 Å². The maximum Gasteiger partial charge on any atom is 0.150 e. The molecule has 0 saturated carbocycles. The molecule has 1 aromatic heterocycles. The van der Waals surface area contributed by atoms with E-state index in [-0.39, 0.29) is 29.7 Å². The molecule has 8 heteroatoms. The number of ketones is 1. The number of aromatic nitrogens is 1. The monoisotopic (exact) mass is 485 g/mol. The first-order valence-electron chi connectivity index (χ1n) is 10.3. The van der Waals surface area contributed by atoms with Crippen molar-refractivity contribution in [3.05, 3.63) is 93.9 Å². The van der Waals surface area contributed by atoms with E-state index in [0.29, 0.717) is 33.5 Å². The molecule has 4 rings (SSSR count). The Kier molecular flexibility index (Phi) is 6.75. The zero-order valence-electron chi connectivity index (χ0n) is 18.3. The van der Waals surface area contributed by atoms with Crippen molar-refractivity contribution < 1.29 is 27.4 Å². The fourth-order valence-corrected chi connectivity index (χ4v) is 3.87. The Morgan fingerprint density at radius 2 is 1.65 bits per heavy atom. The van der Waals surface area contributed by atoms with Gasteiger partial charge in [-0.15, -0.1) is 0 Å². The van der Waals surface area contributed by atoms with Crippen LogP contribution in [-0.2, 0) is 17.6 Å². The van der Waals surface area contributed by atoms with E-state index >= 15 is 0 Å². The summed E-state index contributed by atoms with van der Waals surface area (Å²) in [6.07, 6.45) is 1.04. The zero-order chi connectivity index (χ0) is 24.4. The highest BCUT2D eigenvalue weighted by atomic mass is 35.5. The maximum absolute atomic E-state index is 14.7. The van der Waals surface area contributed by atoms with Crippen LogP contribution in [0.15, 0.2) is 54.7 Å². The van der Waals surface area contributed by atoms with Crippen LogP contribution in [0.2, 0.25) is 5.02 Å². The van der Waals surface area contributed by atoms with Gasteiger partial charge in [-0.25, -0.2) is 13.2 Å². The summed E-state index contributed by atoms with van der Waals surface area (Å²) in [6, 6.07) is 10.5. The average Bonchev–Trinajstić information content (AvgIpc) is 2.79. The number of methoxy groups -OCH3 is 1. The van der Waals surface area contributed by atoms with E-state index < -0.39 is 23.2 Å². The maximum atomic E-state index is 14.7. The Bertz CT molecular complexity index is 1410. The first-order chi connectivity index (χ1) is 16.3. The number of rotatable bonds is 7. The molecule has 0 saturated heterocycles. The lowest BCUT2D eigenvalue weighted by Gasteiger charge is -2.14. The van der Waals surface area contributed by atoms with Gasteiger partial charge in [0, 0.05) is 31.2 Å². The first-order valence-corrected chi connectivity index (χ1v) is 10.7. The second kappa shape index (κ2) is 9.73. The van der Waals surface area contributed by atoms with Gasteiger partial charge in [-0.2, -0.15) is 0 Å². The predicted octanol–water partition coefficient (Wildman–Crippen LogP) is 6.77. The van der Waals surface area contributed by atoms with Gasteiger partial charge in [0.2, 0.25) is 0 Å². The summed E-state index contributed by atoms with van der Waals surface area (Å²) in [4.78, 5) is 16.7. The van der Waals surface area contributed by atoms with Crippen LogP contribution in [0, 0.1) is 24.4 Å². The number of hydrogen-bond acceptors (Lipinski definition) is 4. The van der Waals surface area contributed by atoms with Gasteiger partial charge in [-0.3, -0.25) is 9.78 Å². The summed E-state index contributed by atoms with van der Waals surface area (Å²) in [5, 5.41) is 0.965. The van der Waals surface area contributed by atoms with Crippen LogP contribution < -0.4 is 9.47 Å². The number of hydrogen-bond donors (Lipinski definition) is 0. The highest BCUT2D eigenvalue weighted by molar-refractivity contribution is 6.34. The van der Waals surface area contributed by atoms with Gasteiger partial charge in [0.15, 0.2) is 5.75 Å². The molecule has 3 aromatic carbocycles. The van der Waals surface area contributed by atoms with Crippen molar-refractivity contribution in [3.8, 4) is 17.2 Å². The Morgan fingerprint density at radius 3 is 2.29 bits per heavy atom. The fourth-order valence-electron chi connectivity index (χ4n) is 3.65. The van der Waals surface area contributed by atoms with Crippen LogP contribution in [0.3, 0.4) is 0 Å². The standard InChI is InChI=1S/C26H19ClF3NO3/c1-14-9-22-24(26(33-2)25(14)27)23(7-8-31-22)34-19-6-4-16(21(30)13-19)11-18(32)10-15-3-5-17(28)12-20(15)29/h3-9,12-13H,10-11H2,1-2H3. The van der Waals surface area contributed by atoms with Crippen LogP contribution in [0.5, 0.6) is 17.2 Å². The largest absolute Gasteiger partial charge is 0.494 e. The lowest BCUT2D eigenvalue weighted by Crippen LogP contribution is -2.09. The van der Waals surface area contributed by atoms with Gasteiger partial charge in [-0.05, 0) is 47.9 Å². The van der Waals surface area contributed by atoms with Gasteiger partial charge >= 0.3 is 0 Å². The number of aryl methyl sites for hydroxylation is 1. The second-order valence-corrected chi connectivity index (χ2v) is 8.11. The van der Waals surface area contributed by atoms with Crippen LogP contribution >= 0.6 is 11.6 Å². The highest BCUT2D eigenvalue weighted by Gasteiger charge is 2.17. The van der Waals surface area contributed by atoms with Crippen LogP contribution in [0.1, 0.15) is 16.7 Å². The molecule has 0 aliphatic carbocycles. The number of benzene rings is 3. The number of pyridine rings is 1. The molecule has 4 aromatic rings. The Hall–Kier alpha value is -3.58. The van der Waals surface area contributed by atoms with E-state index in [1.165, 1.54) is 25.3 Å². The minimum atomic E-state index is -0.812. The smallest absolute Gasteiger partial charge is 0.150 e. The number of ether oxygens (including phenoxy) is 2. The Morgan fingerprint density at radius 1 is 0.971 bits per heavy atom. The van der Waals surface area contributed by atoms with Crippen molar-refractivity contribution in [1.29, 1.82) is 0 Å². The topological polar surface area (TPSA) is 48.4 Å². The summed E-state index contributed by atoms with van der Waals surface area (Å²) in [5.74, 6) is -1.63. The summed E-state index contributed by atoms with van der Waals surface area (Å²) in [6.45, 7) is 1.83.